The third kappa shape index (κ3) is 2.93. The summed E-state index contributed by atoms with van der Waals surface area (Å²) in [7, 11) is 0. The van der Waals surface area contributed by atoms with E-state index in [0.29, 0.717) is 19.0 Å². The quantitative estimate of drug-likeness (QED) is 0.608. The summed E-state index contributed by atoms with van der Waals surface area (Å²) in [5.74, 6) is 0.0135. The number of ether oxygens (including phenoxy) is 2. The molecule has 1 aromatic rings. The molecule has 1 aliphatic rings. The second kappa shape index (κ2) is 6.28. The number of nitrogens with zero attached hydrogens (tertiary/aromatic N) is 1. The van der Waals surface area contributed by atoms with Crippen LogP contribution in [0.15, 0.2) is 22.8 Å². The molecule has 1 saturated heterocycles. The van der Waals surface area contributed by atoms with Crippen molar-refractivity contribution in [3.05, 3.63) is 24.2 Å². The van der Waals surface area contributed by atoms with Gasteiger partial charge in [-0.05, 0) is 32.9 Å². The molecule has 0 saturated carbocycles. The maximum Gasteiger partial charge on any atom is 0.325 e. The van der Waals surface area contributed by atoms with Crippen molar-refractivity contribution in [2.24, 2.45) is 0 Å². The molecule has 1 unspecified atom stereocenters. The molecule has 7 nitrogen and oxygen atoms in total. The molecule has 0 aromatic carbocycles. The van der Waals surface area contributed by atoms with Crippen LogP contribution in [0, 0.1) is 0 Å². The third-order valence-electron chi connectivity index (χ3n) is 3.33. The number of urea groups is 1. The zero-order chi connectivity index (χ0) is 15.5. The van der Waals surface area contributed by atoms with E-state index < -0.39 is 17.9 Å². The Bertz CT molecular complexity index is 495. The Balaban J connectivity index is 2.15. The van der Waals surface area contributed by atoms with Gasteiger partial charge in [0.25, 0.3) is 5.91 Å². The maximum atomic E-state index is 12.6. The molecular weight excluding hydrogens is 276 g/mol. The highest BCUT2D eigenvalue weighted by molar-refractivity contribution is 6.06. The van der Waals surface area contributed by atoms with Gasteiger partial charge in [-0.3, -0.25) is 9.69 Å². The van der Waals surface area contributed by atoms with E-state index in [4.69, 9.17) is 13.9 Å². The Hall–Kier alpha value is -1.86. The number of rotatable bonds is 7. The number of carbonyl (C=O) groups is 2. The second-order valence-electron chi connectivity index (χ2n) is 4.79. The van der Waals surface area contributed by atoms with Crippen molar-refractivity contribution >= 4 is 11.9 Å². The Morgan fingerprint density at radius 2 is 2.00 bits per heavy atom. The Morgan fingerprint density at radius 3 is 2.52 bits per heavy atom. The van der Waals surface area contributed by atoms with Gasteiger partial charge in [-0.1, -0.05) is 0 Å². The first-order valence-corrected chi connectivity index (χ1v) is 6.94. The van der Waals surface area contributed by atoms with Crippen molar-refractivity contribution in [1.82, 2.24) is 10.2 Å². The van der Waals surface area contributed by atoms with Crippen molar-refractivity contribution in [2.75, 3.05) is 19.8 Å². The lowest BCUT2D eigenvalue weighted by atomic mass is 9.99. The number of furan rings is 1. The largest absolute Gasteiger partial charge is 0.466 e. The van der Waals surface area contributed by atoms with Gasteiger partial charge >= 0.3 is 6.03 Å². The van der Waals surface area contributed by atoms with Crippen LogP contribution in [0.1, 0.15) is 26.5 Å². The Morgan fingerprint density at radius 1 is 1.33 bits per heavy atom. The predicted octanol–water partition coefficient (Wildman–Crippen LogP) is 1.45. The summed E-state index contributed by atoms with van der Waals surface area (Å²) in [5, 5.41) is 2.65. The highest BCUT2D eigenvalue weighted by Gasteiger charge is 2.51. The van der Waals surface area contributed by atoms with Crippen molar-refractivity contribution in [1.29, 1.82) is 0 Å². The monoisotopic (exact) mass is 296 g/mol. The first kappa shape index (κ1) is 15.5. The maximum absolute atomic E-state index is 12.6. The van der Waals surface area contributed by atoms with E-state index in [2.05, 4.69) is 5.32 Å². The summed E-state index contributed by atoms with van der Waals surface area (Å²) in [6, 6.07) is 2.85. The van der Waals surface area contributed by atoms with E-state index in [0.717, 1.165) is 4.90 Å². The topological polar surface area (TPSA) is 81.0 Å². The molecule has 3 amide bonds. The van der Waals surface area contributed by atoms with Crippen LogP contribution in [0.25, 0.3) is 0 Å². The molecule has 1 aliphatic heterocycles. The van der Waals surface area contributed by atoms with Gasteiger partial charge in [0, 0.05) is 13.2 Å². The molecular formula is C14H20N2O5. The molecule has 2 rings (SSSR count). The van der Waals surface area contributed by atoms with Gasteiger partial charge in [-0.15, -0.1) is 0 Å². The molecule has 1 aromatic heterocycles. The summed E-state index contributed by atoms with van der Waals surface area (Å²) in [6.45, 7) is 6.17. The molecule has 0 spiro atoms. The average molecular weight is 296 g/mol. The summed E-state index contributed by atoms with van der Waals surface area (Å²) >= 11 is 0. The van der Waals surface area contributed by atoms with Crippen LogP contribution in [-0.2, 0) is 19.8 Å². The van der Waals surface area contributed by atoms with E-state index in [1.165, 1.54) is 6.26 Å². The standard InChI is InChI=1S/C14H20N2O5/c1-4-19-11(20-5-2)9-16-12(17)14(3,15-13(16)18)10-7-6-8-21-10/h6-8,11H,4-5,9H2,1-3H3,(H,15,18). The fourth-order valence-corrected chi connectivity index (χ4v) is 2.27. The van der Waals surface area contributed by atoms with Crippen molar-refractivity contribution < 1.29 is 23.5 Å². The van der Waals surface area contributed by atoms with Crippen LogP contribution in [0.3, 0.4) is 0 Å². The Kier molecular flexibility index (Phi) is 4.64. The lowest BCUT2D eigenvalue weighted by Crippen LogP contribution is -2.42. The molecule has 1 atom stereocenters. The van der Waals surface area contributed by atoms with E-state index in [1.54, 1.807) is 19.1 Å². The third-order valence-corrected chi connectivity index (χ3v) is 3.33. The van der Waals surface area contributed by atoms with E-state index >= 15 is 0 Å². The van der Waals surface area contributed by atoms with E-state index in [-0.39, 0.29) is 12.5 Å². The van der Waals surface area contributed by atoms with Crippen LogP contribution < -0.4 is 5.32 Å². The normalized spacial score (nSPS) is 22.2. The number of amides is 3. The lowest BCUT2D eigenvalue weighted by molar-refractivity contribution is -0.153. The fraction of sp³-hybridized carbons (Fsp3) is 0.571. The van der Waals surface area contributed by atoms with Crippen LogP contribution in [0.2, 0.25) is 0 Å². The first-order chi connectivity index (χ1) is 10.0. The van der Waals surface area contributed by atoms with E-state index in [9.17, 15) is 9.59 Å². The van der Waals surface area contributed by atoms with Gasteiger partial charge in [-0.25, -0.2) is 4.79 Å². The number of nitrogens with one attached hydrogen (secondary N) is 1. The number of carbonyl (C=O) groups excluding carboxylic acids is 2. The summed E-state index contributed by atoms with van der Waals surface area (Å²) < 4.78 is 16.0. The van der Waals surface area contributed by atoms with Crippen molar-refractivity contribution in [3.63, 3.8) is 0 Å². The molecule has 2 heterocycles. The van der Waals surface area contributed by atoms with Crippen molar-refractivity contribution in [3.8, 4) is 0 Å². The number of imide groups is 1. The van der Waals surface area contributed by atoms with Crippen molar-refractivity contribution in [2.45, 2.75) is 32.6 Å². The predicted molar refractivity (Wildman–Crippen MR) is 73.3 cm³/mol. The van der Waals surface area contributed by atoms with Gasteiger partial charge in [0.05, 0.1) is 12.8 Å². The highest BCUT2D eigenvalue weighted by atomic mass is 16.7. The zero-order valence-corrected chi connectivity index (χ0v) is 12.4. The second-order valence-corrected chi connectivity index (χ2v) is 4.79. The first-order valence-electron chi connectivity index (χ1n) is 6.94. The molecule has 1 fully saturated rings. The number of hydrogen-bond acceptors (Lipinski definition) is 5. The molecule has 0 radical (unpaired) electrons. The molecule has 21 heavy (non-hydrogen) atoms. The fourth-order valence-electron chi connectivity index (χ4n) is 2.27. The average Bonchev–Trinajstić information content (AvgIpc) is 3.04. The van der Waals surface area contributed by atoms with Crippen LogP contribution in [0.4, 0.5) is 4.79 Å². The van der Waals surface area contributed by atoms with Crippen LogP contribution in [0.5, 0.6) is 0 Å². The summed E-state index contributed by atoms with van der Waals surface area (Å²) in [6.07, 6.45) is 0.833. The minimum Gasteiger partial charge on any atom is -0.466 e. The summed E-state index contributed by atoms with van der Waals surface area (Å²) in [4.78, 5) is 25.7. The Labute approximate surface area is 123 Å². The smallest absolute Gasteiger partial charge is 0.325 e. The molecule has 0 bridgehead atoms. The van der Waals surface area contributed by atoms with Gasteiger partial charge in [-0.2, -0.15) is 0 Å². The van der Waals surface area contributed by atoms with Gasteiger partial charge < -0.3 is 19.2 Å². The molecule has 7 heteroatoms. The van der Waals surface area contributed by atoms with Crippen LogP contribution in [-0.4, -0.2) is 42.9 Å². The molecule has 116 valence electrons. The van der Waals surface area contributed by atoms with Gasteiger partial charge in [0.15, 0.2) is 11.8 Å². The number of hydrogen-bond donors (Lipinski definition) is 1. The van der Waals surface area contributed by atoms with Gasteiger partial charge in [0.1, 0.15) is 5.76 Å². The zero-order valence-electron chi connectivity index (χ0n) is 12.4. The van der Waals surface area contributed by atoms with Crippen LogP contribution >= 0.6 is 0 Å². The van der Waals surface area contributed by atoms with E-state index in [1.807, 2.05) is 13.8 Å². The minimum atomic E-state index is -1.19. The molecule has 1 N–H and O–H groups in total. The lowest BCUT2D eigenvalue weighted by Gasteiger charge is -2.23. The SMILES string of the molecule is CCOC(CN1C(=O)NC(C)(c2ccco2)C1=O)OCC. The minimum absolute atomic E-state index is 0.0443. The highest BCUT2D eigenvalue weighted by Crippen LogP contribution is 2.29. The van der Waals surface area contributed by atoms with Gasteiger partial charge in [0.2, 0.25) is 0 Å². The molecule has 0 aliphatic carbocycles. The summed E-state index contributed by atoms with van der Waals surface area (Å²) in [5.41, 5.74) is -1.19.